The molecule has 0 spiro atoms. The average Bonchev–Trinajstić information content (AvgIpc) is 3.21. The average molecular weight is 571 g/mol. The first-order valence-corrected chi connectivity index (χ1v) is 13.8. The molecule has 1 aliphatic carbocycles. The number of fused-ring (bicyclic) bond motifs is 1. The number of amides is 1. The molecule has 9 nitrogen and oxygen atoms in total. The Morgan fingerprint density at radius 3 is 2.42 bits per heavy atom. The fourth-order valence-electron chi connectivity index (χ4n) is 5.97. The van der Waals surface area contributed by atoms with Crippen LogP contribution in [0.1, 0.15) is 66.9 Å². The lowest BCUT2D eigenvalue weighted by atomic mass is 9.69. The van der Waals surface area contributed by atoms with Crippen molar-refractivity contribution in [2.75, 3.05) is 13.2 Å². The SMILES string of the molecule is CC(C)[C@@H]1CC[C@@H](C)C[C@H]1C(=O)n1c(=O)n(CCN)c2cc(C(=O)N[C@@H](CO)[C@@H](O)c3ccccc3)ccc21.S. The van der Waals surface area contributed by atoms with Gasteiger partial charge in [0.2, 0.25) is 5.91 Å². The molecule has 40 heavy (non-hydrogen) atoms. The number of benzene rings is 2. The van der Waals surface area contributed by atoms with Crippen molar-refractivity contribution in [3.63, 3.8) is 0 Å². The molecule has 2 aromatic carbocycles. The fourth-order valence-corrected chi connectivity index (χ4v) is 5.97. The molecule has 0 unspecified atom stereocenters. The number of rotatable bonds is 9. The molecule has 0 bridgehead atoms. The summed E-state index contributed by atoms with van der Waals surface area (Å²) in [4.78, 5) is 40.6. The molecular formula is C30H42N4O5S. The second-order valence-electron chi connectivity index (χ2n) is 11.2. The van der Waals surface area contributed by atoms with Crippen LogP contribution < -0.4 is 16.7 Å². The highest BCUT2D eigenvalue weighted by molar-refractivity contribution is 7.59. The lowest BCUT2D eigenvalue weighted by molar-refractivity contribution is 0.0633. The second-order valence-corrected chi connectivity index (χ2v) is 11.2. The molecule has 0 aliphatic heterocycles. The monoisotopic (exact) mass is 570 g/mol. The zero-order valence-corrected chi connectivity index (χ0v) is 24.4. The zero-order chi connectivity index (χ0) is 28.3. The van der Waals surface area contributed by atoms with Crippen LogP contribution >= 0.6 is 13.5 Å². The molecule has 5 N–H and O–H groups in total. The smallest absolute Gasteiger partial charge is 0.336 e. The maximum Gasteiger partial charge on any atom is 0.336 e. The molecule has 1 saturated carbocycles. The highest BCUT2D eigenvalue weighted by Gasteiger charge is 2.37. The van der Waals surface area contributed by atoms with Gasteiger partial charge in [0.05, 0.1) is 23.7 Å². The van der Waals surface area contributed by atoms with Crippen molar-refractivity contribution in [1.29, 1.82) is 0 Å². The van der Waals surface area contributed by atoms with E-state index in [1.54, 1.807) is 42.5 Å². The van der Waals surface area contributed by atoms with E-state index in [1.165, 1.54) is 9.13 Å². The molecule has 1 aromatic heterocycles. The first kappa shape index (κ1) is 31.6. The van der Waals surface area contributed by atoms with Gasteiger partial charge in [-0.25, -0.2) is 9.36 Å². The van der Waals surface area contributed by atoms with Gasteiger partial charge in [-0.15, -0.1) is 0 Å². The third-order valence-corrected chi connectivity index (χ3v) is 8.14. The fraction of sp³-hybridized carbons (Fsp3) is 0.500. The molecule has 3 aromatic rings. The largest absolute Gasteiger partial charge is 0.394 e. The first-order valence-electron chi connectivity index (χ1n) is 13.8. The Kier molecular flexibility index (Phi) is 10.8. The Balaban J connectivity index is 0.00000441. The Labute approximate surface area is 241 Å². The maximum absolute atomic E-state index is 13.9. The van der Waals surface area contributed by atoms with Crippen LogP contribution in [0.15, 0.2) is 53.3 Å². The Bertz CT molecular complexity index is 1370. The third-order valence-electron chi connectivity index (χ3n) is 8.14. The van der Waals surface area contributed by atoms with Crippen LogP contribution in [0.3, 0.4) is 0 Å². The van der Waals surface area contributed by atoms with Gasteiger partial charge in [-0.05, 0) is 54.4 Å². The molecule has 1 amide bonds. The molecule has 1 fully saturated rings. The molecule has 218 valence electrons. The van der Waals surface area contributed by atoms with Gasteiger partial charge in [-0.2, -0.15) is 13.5 Å². The number of aliphatic hydroxyl groups excluding tert-OH is 2. The van der Waals surface area contributed by atoms with E-state index < -0.39 is 30.3 Å². The minimum Gasteiger partial charge on any atom is -0.394 e. The number of hydrogen-bond donors (Lipinski definition) is 4. The van der Waals surface area contributed by atoms with Crippen LogP contribution in [0.2, 0.25) is 0 Å². The molecule has 5 atom stereocenters. The molecule has 1 aliphatic rings. The zero-order valence-electron chi connectivity index (χ0n) is 23.4. The second kappa shape index (κ2) is 13.6. The summed E-state index contributed by atoms with van der Waals surface area (Å²) in [5, 5.41) is 23.3. The summed E-state index contributed by atoms with van der Waals surface area (Å²) in [5.74, 6) is -0.0444. The van der Waals surface area contributed by atoms with Gasteiger partial charge in [-0.3, -0.25) is 14.2 Å². The summed E-state index contributed by atoms with van der Waals surface area (Å²) >= 11 is 0. The standard InChI is InChI=1S/C30H40N4O5.H2S/c1-18(2)22-11-9-19(3)15-23(22)29(38)34-25-12-10-21(16-26(25)33(14-13-31)30(34)39)28(37)32-24(17-35)27(36)20-7-5-4-6-8-20;/h4-8,10,12,16,18-19,22-24,27,35-36H,9,11,13-15,17,31H2,1-3H3,(H,32,37);1H2/t19-,22+,23-,24+,27+;/m1./s1. The van der Waals surface area contributed by atoms with Crippen LogP contribution in [0.4, 0.5) is 0 Å². The van der Waals surface area contributed by atoms with Gasteiger partial charge in [0.25, 0.3) is 5.91 Å². The lowest BCUT2D eigenvalue weighted by Gasteiger charge is -2.36. The van der Waals surface area contributed by atoms with Crippen molar-refractivity contribution in [3.05, 3.63) is 70.1 Å². The van der Waals surface area contributed by atoms with Crippen molar-refractivity contribution >= 4 is 36.3 Å². The Morgan fingerprint density at radius 1 is 1.10 bits per heavy atom. The number of aliphatic hydroxyl groups is 2. The summed E-state index contributed by atoms with van der Waals surface area (Å²) in [6.07, 6.45) is 1.66. The highest BCUT2D eigenvalue weighted by Crippen LogP contribution is 2.39. The number of carbonyl (C=O) groups excluding carboxylic acids is 2. The van der Waals surface area contributed by atoms with Gasteiger partial charge in [0.1, 0.15) is 6.10 Å². The number of nitrogens with one attached hydrogen (secondary N) is 1. The summed E-state index contributed by atoms with van der Waals surface area (Å²) < 4.78 is 2.71. The van der Waals surface area contributed by atoms with Crippen molar-refractivity contribution < 1.29 is 19.8 Å². The molecule has 0 radical (unpaired) electrons. The number of carbonyl (C=O) groups is 2. The minimum atomic E-state index is -1.11. The highest BCUT2D eigenvalue weighted by atomic mass is 32.1. The number of aromatic nitrogens is 2. The number of nitrogens with two attached hydrogens (primary N) is 1. The van der Waals surface area contributed by atoms with E-state index in [9.17, 15) is 24.6 Å². The summed E-state index contributed by atoms with van der Waals surface area (Å²) in [7, 11) is 0. The lowest BCUT2D eigenvalue weighted by Crippen LogP contribution is -2.42. The minimum absolute atomic E-state index is 0. The van der Waals surface area contributed by atoms with E-state index in [2.05, 4.69) is 26.1 Å². The van der Waals surface area contributed by atoms with Crippen molar-refractivity contribution in [1.82, 2.24) is 14.5 Å². The van der Waals surface area contributed by atoms with Crippen molar-refractivity contribution in [2.24, 2.45) is 29.4 Å². The van der Waals surface area contributed by atoms with Crippen molar-refractivity contribution in [2.45, 2.75) is 58.7 Å². The summed E-state index contributed by atoms with van der Waals surface area (Å²) in [5.41, 5.74) is 7.05. The van der Waals surface area contributed by atoms with Crippen LogP contribution in [-0.4, -0.2) is 50.4 Å². The van der Waals surface area contributed by atoms with E-state index in [4.69, 9.17) is 5.73 Å². The van der Waals surface area contributed by atoms with E-state index >= 15 is 0 Å². The maximum atomic E-state index is 13.9. The predicted molar refractivity (Wildman–Crippen MR) is 161 cm³/mol. The molecule has 4 rings (SSSR count). The van der Waals surface area contributed by atoms with Gasteiger partial charge < -0.3 is 21.3 Å². The van der Waals surface area contributed by atoms with Crippen LogP contribution in [0, 0.1) is 23.7 Å². The van der Waals surface area contributed by atoms with Gasteiger partial charge in [0, 0.05) is 24.6 Å². The topological polar surface area (TPSA) is 140 Å². The van der Waals surface area contributed by atoms with Crippen molar-refractivity contribution in [3.8, 4) is 0 Å². The van der Waals surface area contributed by atoms with Gasteiger partial charge >= 0.3 is 5.69 Å². The van der Waals surface area contributed by atoms with E-state index in [0.29, 0.717) is 28.4 Å². The number of nitrogens with zero attached hydrogens (tertiary/aromatic N) is 2. The molecule has 0 saturated heterocycles. The molecule has 10 heteroatoms. The van der Waals surface area contributed by atoms with Gasteiger partial charge in [0.15, 0.2) is 0 Å². The van der Waals surface area contributed by atoms with E-state index in [0.717, 1.165) is 19.3 Å². The number of hydrogen-bond acceptors (Lipinski definition) is 6. The molecular weight excluding hydrogens is 528 g/mol. The Hall–Kier alpha value is -2.92. The first-order chi connectivity index (χ1) is 18.7. The Morgan fingerprint density at radius 2 is 1.80 bits per heavy atom. The van der Waals surface area contributed by atoms with Crippen LogP contribution in [0.5, 0.6) is 0 Å². The summed E-state index contributed by atoms with van der Waals surface area (Å²) in [6, 6.07) is 12.6. The van der Waals surface area contributed by atoms with E-state index in [-0.39, 0.29) is 49.9 Å². The van der Waals surface area contributed by atoms with Crippen LogP contribution in [-0.2, 0) is 6.54 Å². The quantitative estimate of drug-likeness (QED) is 0.312. The molecule has 1 heterocycles. The predicted octanol–water partition coefficient (Wildman–Crippen LogP) is 3.05. The summed E-state index contributed by atoms with van der Waals surface area (Å²) in [6.45, 7) is 6.32. The van der Waals surface area contributed by atoms with Crippen LogP contribution in [0.25, 0.3) is 11.0 Å². The van der Waals surface area contributed by atoms with E-state index in [1.807, 2.05) is 6.07 Å². The normalized spacial score (nSPS) is 20.6. The number of imidazole rings is 1. The third kappa shape index (κ3) is 6.35. The van der Waals surface area contributed by atoms with Gasteiger partial charge in [-0.1, -0.05) is 57.5 Å².